The van der Waals surface area contributed by atoms with E-state index < -0.39 is 13.5 Å². The summed E-state index contributed by atoms with van der Waals surface area (Å²) in [6, 6.07) is 83.0. The van der Waals surface area contributed by atoms with Crippen LogP contribution in [0.25, 0.3) is 0 Å². The molecule has 0 bridgehead atoms. The predicted molar refractivity (Wildman–Crippen MR) is 240 cm³/mol. The molecular formula is C50H42N4P2. The molecule has 0 aliphatic rings. The molecule has 0 fully saturated rings. The SMILES string of the molecule is N#CNP(c1ccccc1)(c1ccccc1)(c1ccccc1)c1ccccc1.N#CNP(c1ccccc1)(c1ccccc1)(c1ccccc1)c1ccccc1. The fourth-order valence-electron chi connectivity index (χ4n) is 8.31. The molecule has 0 atom stereocenters. The van der Waals surface area contributed by atoms with Gasteiger partial charge in [0, 0.05) is 0 Å². The number of benzene rings is 8. The molecule has 0 radical (unpaired) electrons. The summed E-state index contributed by atoms with van der Waals surface area (Å²) in [7, 11) is 0. The van der Waals surface area contributed by atoms with E-state index in [1.807, 2.05) is 146 Å². The van der Waals surface area contributed by atoms with Gasteiger partial charge in [0.15, 0.2) is 0 Å². The Labute approximate surface area is 330 Å². The van der Waals surface area contributed by atoms with Crippen LogP contribution in [0.3, 0.4) is 0 Å². The van der Waals surface area contributed by atoms with Crippen LogP contribution < -0.4 is 52.6 Å². The van der Waals surface area contributed by atoms with Crippen LogP contribution in [0.1, 0.15) is 0 Å². The van der Waals surface area contributed by atoms with Crippen molar-refractivity contribution in [2.24, 2.45) is 0 Å². The molecule has 0 saturated carbocycles. The van der Waals surface area contributed by atoms with Crippen molar-refractivity contribution in [3.63, 3.8) is 0 Å². The number of hydrogen-bond donors (Lipinski definition) is 2. The summed E-state index contributed by atoms with van der Waals surface area (Å²) < 4.78 is 0. The van der Waals surface area contributed by atoms with Crippen LogP contribution in [-0.2, 0) is 0 Å². The number of nitriles is 2. The van der Waals surface area contributed by atoms with Crippen molar-refractivity contribution in [1.82, 2.24) is 10.2 Å². The van der Waals surface area contributed by atoms with E-state index in [0.717, 1.165) is 42.4 Å². The van der Waals surface area contributed by atoms with E-state index in [1.165, 1.54) is 0 Å². The van der Waals surface area contributed by atoms with Gasteiger partial charge < -0.3 is 0 Å². The van der Waals surface area contributed by atoms with E-state index in [1.54, 1.807) is 0 Å². The standard InChI is InChI=1S/2C25H21N2P/c2*26-21-27-28(22-13-5-1-6-14-22,23-15-7-2-8-16-23,24-17-9-3-10-18-24)25-19-11-4-12-20-25/h2*1-20,27H. The van der Waals surface area contributed by atoms with E-state index in [0.29, 0.717) is 0 Å². The van der Waals surface area contributed by atoms with Gasteiger partial charge in [0.1, 0.15) is 0 Å². The molecule has 4 nitrogen and oxygen atoms in total. The second-order valence-electron chi connectivity index (χ2n) is 13.4. The van der Waals surface area contributed by atoms with Crippen molar-refractivity contribution in [3.05, 3.63) is 243 Å². The van der Waals surface area contributed by atoms with Crippen LogP contribution in [0.15, 0.2) is 243 Å². The summed E-state index contributed by atoms with van der Waals surface area (Å²) >= 11 is 0. The minimum absolute atomic E-state index is 1.11. The molecule has 0 aliphatic carbocycles. The molecule has 272 valence electrons. The first-order valence-electron chi connectivity index (χ1n) is 18.5. The van der Waals surface area contributed by atoms with E-state index in [-0.39, 0.29) is 0 Å². The minimum atomic E-state index is -3.48. The van der Waals surface area contributed by atoms with Crippen molar-refractivity contribution in [2.45, 2.75) is 0 Å². The average Bonchev–Trinajstić information content (AvgIpc) is 3.30. The molecule has 0 aromatic heterocycles. The Morgan fingerprint density at radius 3 is 0.464 bits per heavy atom. The molecule has 0 unspecified atom stereocenters. The first-order valence-corrected chi connectivity index (χ1v) is 22.9. The maximum absolute atomic E-state index is 10.1. The van der Waals surface area contributed by atoms with Gasteiger partial charge in [-0.25, -0.2) is 0 Å². The molecule has 2 N–H and O–H groups in total. The molecule has 0 saturated heterocycles. The molecule has 56 heavy (non-hydrogen) atoms. The molecule has 0 spiro atoms. The van der Waals surface area contributed by atoms with E-state index >= 15 is 0 Å². The Morgan fingerprint density at radius 2 is 0.357 bits per heavy atom. The van der Waals surface area contributed by atoms with Gasteiger partial charge in [0.25, 0.3) is 0 Å². The van der Waals surface area contributed by atoms with Gasteiger partial charge >= 0.3 is 332 Å². The van der Waals surface area contributed by atoms with Crippen LogP contribution in [0.2, 0.25) is 0 Å². The molecule has 8 rings (SSSR count). The maximum atomic E-state index is 10.1. The Bertz CT molecular complexity index is 2020. The van der Waals surface area contributed by atoms with Crippen molar-refractivity contribution in [2.75, 3.05) is 0 Å². The molecule has 0 heterocycles. The Kier molecular flexibility index (Phi) is 10.9. The summed E-state index contributed by atoms with van der Waals surface area (Å²) in [5.74, 6) is 0. The van der Waals surface area contributed by atoms with Crippen LogP contribution in [0.5, 0.6) is 0 Å². The fraction of sp³-hybridized carbons (Fsp3) is 0. The average molecular weight is 761 g/mol. The predicted octanol–water partition coefficient (Wildman–Crippen LogP) is 7.65. The Balaban J connectivity index is 0.000000172. The first kappa shape index (κ1) is 37.5. The molecule has 8 aromatic carbocycles. The van der Waals surface area contributed by atoms with Gasteiger partial charge in [-0.3, -0.25) is 0 Å². The second-order valence-corrected chi connectivity index (χ2v) is 22.4. The topological polar surface area (TPSA) is 71.6 Å². The summed E-state index contributed by atoms with van der Waals surface area (Å²) in [4.78, 5) is 0. The number of hydrogen-bond acceptors (Lipinski definition) is 4. The molecule has 0 amide bonds. The molecular weight excluding hydrogens is 719 g/mol. The van der Waals surface area contributed by atoms with Crippen LogP contribution >= 0.6 is 13.5 Å². The number of rotatable bonds is 10. The Hall–Kier alpha value is -6.80. The van der Waals surface area contributed by atoms with Gasteiger partial charge in [-0.2, -0.15) is 0 Å². The van der Waals surface area contributed by atoms with Crippen molar-refractivity contribution in [3.8, 4) is 12.4 Å². The van der Waals surface area contributed by atoms with Gasteiger partial charge in [0.05, 0.1) is 0 Å². The van der Waals surface area contributed by atoms with Crippen molar-refractivity contribution >= 4 is 55.9 Å². The summed E-state index contributed by atoms with van der Waals surface area (Å²) in [6.07, 6.45) is 4.70. The van der Waals surface area contributed by atoms with E-state index in [4.69, 9.17) is 0 Å². The number of nitrogens with one attached hydrogen (secondary N) is 2. The zero-order valence-electron chi connectivity index (χ0n) is 30.9. The summed E-state index contributed by atoms with van der Waals surface area (Å²) in [6.45, 7) is -6.96. The zero-order valence-corrected chi connectivity index (χ0v) is 32.7. The van der Waals surface area contributed by atoms with Crippen LogP contribution in [0.4, 0.5) is 0 Å². The summed E-state index contributed by atoms with van der Waals surface area (Å²) in [5.41, 5.74) is 0. The third kappa shape index (κ3) is 5.85. The Morgan fingerprint density at radius 1 is 0.232 bits per heavy atom. The van der Waals surface area contributed by atoms with Crippen molar-refractivity contribution in [1.29, 1.82) is 10.5 Å². The van der Waals surface area contributed by atoms with E-state index in [2.05, 4.69) is 120 Å². The third-order valence-corrected chi connectivity index (χ3v) is 22.5. The quantitative estimate of drug-likeness (QED) is 0.0854. The van der Waals surface area contributed by atoms with E-state index in [9.17, 15) is 10.5 Å². The second kappa shape index (κ2) is 16.3. The van der Waals surface area contributed by atoms with Crippen molar-refractivity contribution < 1.29 is 0 Å². The zero-order chi connectivity index (χ0) is 38.6. The summed E-state index contributed by atoms with van der Waals surface area (Å²) in [5, 5.41) is 35.9. The van der Waals surface area contributed by atoms with Gasteiger partial charge in [-0.15, -0.1) is 0 Å². The van der Waals surface area contributed by atoms with Gasteiger partial charge in [-0.05, 0) is 0 Å². The number of nitrogens with zero attached hydrogens (tertiary/aromatic N) is 2. The van der Waals surface area contributed by atoms with Gasteiger partial charge in [0.2, 0.25) is 0 Å². The molecule has 8 aromatic rings. The third-order valence-electron chi connectivity index (χ3n) is 10.7. The van der Waals surface area contributed by atoms with Gasteiger partial charge in [-0.1, -0.05) is 0 Å². The van der Waals surface area contributed by atoms with Crippen LogP contribution in [-0.4, -0.2) is 0 Å². The molecule has 0 aliphatic heterocycles. The van der Waals surface area contributed by atoms with Crippen LogP contribution in [0, 0.1) is 22.9 Å². The normalized spacial score (nSPS) is 12.3. The monoisotopic (exact) mass is 760 g/mol. The fourth-order valence-corrected chi connectivity index (χ4v) is 19.5. The molecule has 6 heteroatoms. The first-order chi connectivity index (χ1) is 27.6.